The van der Waals surface area contributed by atoms with Crippen LogP contribution in [0.25, 0.3) is 0 Å². The average molecular weight is 224 g/mol. The molecule has 2 heteroatoms. The maximum atomic E-state index is 9.70. The van der Waals surface area contributed by atoms with Crippen molar-refractivity contribution >= 4 is 0 Å². The first-order valence-corrected chi connectivity index (χ1v) is 7.15. The molecule has 5 unspecified atom stereocenters. The van der Waals surface area contributed by atoms with E-state index in [9.17, 15) is 5.11 Å². The Morgan fingerprint density at radius 3 is 2.44 bits per heavy atom. The van der Waals surface area contributed by atoms with E-state index in [1.807, 2.05) is 0 Å². The van der Waals surface area contributed by atoms with Gasteiger partial charge in [-0.3, -0.25) is 0 Å². The van der Waals surface area contributed by atoms with Crippen LogP contribution in [0.1, 0.15) is 57.8 Å². The Hall–Kier alpha value is -0.0800. The minimum atomic E-state index is -0.00514. The zero-order chi connectivity index (χ0) is 11.0. The van der Waals surface area contributed by atoms with Crippen LogP contribution >= 0.6 is 0 Å². The van der Waals surface area contributed by atoms with Crippen molar-refractivity contribution < 1.29 is 9.84 Å². The van der Waals surface area contributed by atoms with Gasteiger partial charge in [0, 0.05) is 0 Å². The van der Waals surface area contributed by atoms with Gasteiger partial charge in [0.05, 0.1) is 18.3 Å². The summed E-state index contributed by atoms with van der Waals surface area (Å²) in [7, 11) is 0. The summed E-state index contributed by atoms with van der Waals surface area (Å²) in [4.78, 5) is 0. The van der Waals surface area contributed by atoms with E-state index in [1.54, 1.807) is 0 Å². The summed E-state index contributed by atoms with van der Waals surface area (Å²) in [5.74, 6) is 1.68. The first-order chi connectivity index (χ1) is 7.81. The monoisotopic (exact) mass is 224 g/mol. The summed E-state index contributed by atoms with van der Waals surface area (Å²) < 4.78 is 5.65. The predicted molar refractivity (Wildman–Crippen MR) is 63.2 cm³/mol. The molecule has 3 rings (SSSR count). The third-order valence-corrected chi connectivity index (χ3v) is 4.78. The maximum absolute atomic E-state index is 9.70. The van der Waals surface area contributed by atoms with Crippen LogP contribution in [0.3, 0.4) is 0 Å². The molecule has 0 bridgehead atoms. The minimum absolute atomic E-state index is 0.00514. The number of fused-ring (bicyclic) bond motifs is 1. The summed E-state index contributed by atoms with van der Waals surface area (Å²) in [6.45, 7) is 0. The van der Waals surface area contributed by atoms with Gasteiger partial charge in [0.2, 0.25) is 0 Å². The molecule has 0 aromatic heterocycles. The van der Waals surface area contributed by atoms with Gasteiger partial charge >= 0.3 is 0 Å². The van der Waals surface area contributed by atoms with Crippen LogP contribution in [0.15, 0.2) is 0 Å². The van der Waals surface area contributed by atoms with Gasteiger partial charge in [-0.1, -0.05) is 25.7 Å². The zero-order valence-electron chi connectivity index (χ0n) is 10.1. The van der Waals surface area contributed by atoms with Gasteiger partial charge < -0.3 is 9.84 Å². The SMILES string of the molecule is OC1CCCC(CC2CCCC3OC3C2)C1. The summed E-state index contributed by atoms with van der Waals surface area (Å²) in [6, 6.07) is 0. The van der Waals surface area contributed by atoms with E-state index in [2.05, 4.69) is 0 Å². The number of aliphatic hydroxyl groups excluding tert-OH is 1. The lowest BCUT2D eigenvalue weighted by Gasteiger charge is -2.28. The van der Waals surface area contributed by atoms with Crippen LogP contribution in [0, 0.1) is 11.8 Å². The molecule has 0 radical (unpaired) electrons. The second kappa shape index (κ2) is 4.66. The van der Waals surface area contributed by atoms with Gasteiger partial charge in [-0.2, -0.15) is 0 Å². The molecule has 0 aromatic rings. The van der Waals surface area contributed by atoms with Gasteiger partial charge in [-0.25, -0.2) is 0 Å². The average Bonchev–Trinajstić information content (AvgIpc) is 2.95. The van der Waals surface area contributed by atoms with Crippen molar-refractivity contribution in [3.05, 3.63) is 0 Å². The lowest BCUT2D eigenvalue weighted by Crippen LogP contribution is -2.22. The third kappa shape index (κ3) is 2.60. The Morgan fingerprint density at radius 2 is 1.62 bits per heavy atom. The number of rotatable bonds is 2. The van der Waals surface area contributed by atoms with Crippen molar-refractivity contribution in [1.29, 1.82) is 0 Å². The molecule has 2 aliphatic carbocycles. The van der Waals surface area contributed by atoms with E-state index >= 15 is 0 Å². The predicted octanol–water partition coefficient (Wildman–Crippen LogP) is 2.89. The van der Waals surface area contributed by atoms with E-state index < -0.39 is 0 Å². The molecule has 5 atom stereocenters. The van der Waals surface area contributed by atoms with E-state index in [0.717, 1.165) is 24.7 Å². The summed E-state index contributed by atoms with van der Waals surface area (Å²) >= 11 is 0. The molecule has 92 valence electrons. The molecule has 1 saturated heterocycles. The molecule has 0 spiro atoms. The van der Waals surface area contributed by atoms with Crippen molar-refractivity contribution in [2.45, 2.75) is 76.1 Å². The van der Waals surface area contributed by atoms with E-state index in [1.165, 1.54) is 44.9 Å². The number of ether oxygens (including phenoxy) is 1. The molecule has 1 heterocycles. The van der Waals surface area contributed by atoms with Crippen molar-refractivity contribution in [2.24, 2.45) is 11.8 Å². The minimum Gasteiger partial charge on any atom is -0.393 e. The standard InChI is InChI=1S/C14H24O2/c15-12-5-1-3-10(8-12)7-11-4-2-6-13-14(9-11)16-13/h10-15H,1-9H2. The second-order valence-corrected chi connectivity index (χ2v) is 6.17. The molecular weight excluding hydrogens is 200 g/mol. The zero-order valence-corrected chi connectivity index (χ0v) is 10.1. The highest BCUT2D eigenvalue weighted by Crippen LogP contribution is 2.41. The summed E-state index contributed by atoms with van der Waals surface area (Å²) in [5, 5.41) is 9.70. The van der Waals surface area contributed by atoms with Crippen molar-refractivity contribution in [3.63, 3.8) is 0 Å². The normalized spacial score (nSPS) is 48.2. The Balaban J connectivity index is 1.49. The van der Waals surface area contributed by atoms with Gasteiger partial charge in [-0.15, -0.1) is 0 Å². The van der Waals surface area contributed by atoms with Crippen molar-refractivity contribution in [2.75, 3.05) is 0 Å². The first kappa shape index (κ1) is 11.0. The molecule has 1 N–H and O–H groups in total. The summed E-state index contributed by atoms with van der Waals surface area (Å²) in [6.07, 6.45) is 12.6. The van der Waals surface area contributed by atoms with Crippen molar-refractivity contribution in [3.8, 4) is 0 Å². The van der Waals surface area contributed by atoms with Gasteiger partial charge in [0.25, 0.3) is 0 Å². The van der Waals surface area contributed by atoms with Gasteiger partial charge in [-0.05, 0) is 43.9 Å². The van der Waals surface area contributed by atoms with Crippen LogP contribution < -0.4 is 0 Å². The van der Waals surface area contributed by atoms with Crippen LogP contribution in [0.4, 0.5) is 0 Å². The number of hydrogen-bond donors (Lipinski definition) is 1. The fraction of sp³-hybridized carbons (Fsp3) is 1.00. The van der Waals surface area contributed by atoms with Gasteiger partial charge in [0.15, 0.2) is 0 Å². The van der Waals surface area contributed by atoms with Gasteiger partial charge in [0.1, 0.15) is 0 Å². The molecule has 16 heavy (non-hydrogen) atoms. The molecule has 3 fully saturated rings. The van der Waals surface area contributed by atoms with Crippen LogP contribution in [-0.2, 0) is 4.74 Å². The van der Waals surface area contributed by atoms with E-state index in [4.69, 9.17) is 4.74 Å². The Bertz CT molecular complexity index is 241. The second-order valence-electron chi connectivity index (χ2n) is 6.17. The molecular formula is C14H24O2. The lowest BCUT2D eigenvalue weighted by molar-refractivity contribution is 0.0899. The topological polar surface area (TPSA) is 32.8 Å². The van der Waals surface area contributed by atoms with Crippen LogP contribution in [0.5, 0.6) is 0 Å². The molecule has 2 saturated carbocycles. The highest BCUT2D eigenvalue weighted by molar-refractivity contribution is 4.90. The quantitative estimate of drug-likeness (QED) is 0.732. The molecule has 1 aliphatic heterocycles. The molecule has 3 aliphatic rings. The fourth-order valence-electron chi connectivity index (χ4n) is 3.86. The largest absolute Gasteiger partial charge is 0.393 e. The smallest absolute Gasteiger partial charge is 0.0844 e. The first-order valence-electron chi connectivity index (χ1n) is 7.15. The number of epoxide rings is 1. The van der Waals surface area contributed by atoms with Crippen LogP contribution in [0.2, 0.25) is 0 Å². The summed E-state index contributed by atoms with van der Waals surface area (Å²) in [5.41, 5.74) is 0. The molecule has 2 nitrogen and oxygen atoms in total. The molecule has 0 amide bonds. The number of hydrogen-bond acceptors (Lipinski definition) is 2. The fourth-order valence-corrected chi connectivity index (χ4v) is 3.86. The highest BCUT2D eigenvalue weighted by atomic mass is 16.6. The third-order valence-electron chi connectivity index (χ3n) is 4.78. The number of aliphatic hydroxyl groups is 1. The Labute approximate surface area is 98.4 Å². The Kier molecular flexibility index (Phi) is 3.21. The molecule has 0 aromatic carbocycles. The van der Waals surface area contributed by atoms with Crippen molar-refractivity contribution in [1.82, 2.24) is 0 Å². The highest BCUT2D eigenvalue weighted by Gasteiger charge is 2.42. The van der Waals surface area contributed by atoms with E-state index in [-0.39, 0.29) is 6.10 Å². The Morgan fingerprint density at radius 1 is 0.875 bits per heavy atom. The maximum Gasteiger partial charge on any atom is 0.0844 e. The van der Waals surface area contributed by atoms with E-state index in [0.29, 0.717) is 12.2 Å². The lowest BCUT2D eigenvalue weighted by atomic mass is 9.79. The van der Waals surface area contributed by atoms with Crippen LogP contribution in [-0.4, -0.2) is 23.4 Å².